The van der Waals surface area contributed by atoms with Crippen LogP contribution in [-0.4, -0.2) is 50.8 Å². The van der Waals surface area contributed by atoms with Crippen LogP contribution in [0.1, 0.15) is 55.1 Å². The Hall–Kier alpha value is -2.63. The number of benzene rings is 1. The number of halogens is 3. The number of amides is 1. The molecule has 0 saturated heterocycles. The average molecular weight is 455 g/mol. The van der Waals surface area contributed by atoms with E-state index in [2.05, 4.69) is 15.7 Å². The summed E-state index contributed by atoms with van der Waals surface area (Å²) in [5.74, 6) is -0.542. The highest BCUT2D eigenvalue weighted by Gasteiger charge is 2.51. The van der Waals surface area contributed by atoms with E-state index in [4.69, 9.17) is 5.73 Å². The zero-order valence-electron chi connectivity index (χ0n) is 18.1. The van der Waals surface area contributed by atoms with Crippen molar-refractivity contribution in [2.75, 3.05) is 12.4 Å². The average Bonchev–Trinajstić information content (AvgIpc) is 3.10. The number of rotatable bonds is 6. The van der Waals surface area contributed by atoms with Crippen LogP contribution >= 0.6 is 0 Å². The molecule has 3 rings (SSSR count). The molecule has 0 bridgehead atoms. The van der Waals surface area contributed by atoms with Gasteiger partial charge in [0, 0.05) is 17.9 Å². The molecule has 0 spiro atoms. The molecular formula is C21H28F3N5O3. The number of carbonyl (C=O) groups is 1. The quantitative estimate of drug-likeness (QED) is 0.456. The van der Waals surface area contributed by atoms with Gasteiger partial charge in [-0.3, -0.25) is 9.48 Å². The van der Waals surface area contributed by atoms with Crippen molar-refractivity contribution in [1.29, 1.82) is 0 Å². The molecule has 32 heavy (non-hydrogen) atoms. The molecule has 1 heterocycles. The Balaban J connectivity index is 1.86. The van der Waals surface area contributed by atoms with Gasteiger partial charge >= 0.3 is 6.18 Å². The molecule has 0 aliphatic heterocycles. The van der Waals surface area contributed by atoms with Crippen molar-refractivity contribution in [2.24, 2.45) is 5.73 Å². The van der Waals surface area contributed by atoms with Gasteiger partial charge in [0.25, 0.3) is 5.91 Å². The second-order valence-electron chi connectivity index (χ2n) is 8.71. The smallest absolute Gasteiger partial charge is 0.390 e. The third-order valence-corrected chi connectivity index (χ3v) is 6.07. The Morgan fingerprint density at radius 3 is 2.47 bits per heavy atom. The van der Waals surface area contributed by atoms with E-state index in [0.29, 0.717) is 31.9 Å². The first-order valence-electron chi connectivity index (χ1n) is 10.2. The van der Waals surface area contributed by atoms with Crippen LogP contribution in [0.5, 0.6) is 0 Å². The van der Waals surface area contributed by atoms with E-state index in [-0.39, 0.29) is 29.0 Å². The summed E-state index contributed by atoms with van der Waals surface area (Å²) in [6.45, 7) is 2.46. The molecule has 1 aromatic carbocycles. The number of aromatic nitrogens is 2. The van der Waals surface area contributed by atoms with Crippen molar-refractivity contribution in [3.05, 3.63) is 41.6 Å². The Kier molecular flexibility index (Phi) is 6.29. The number of primary amides is 1. The number of likely N-dealkylation sites (N-methyl/N-ethyl adjacent to an activating group) is 1. The standard InChI is InChI=1S/C21H28F3N5O3/c1-19(31)9-8-16(15(10-19)26-3)29-11-14(17(25)30)18(28-29)27-13-6-4-12(5-7-13)20(2,32)21(22,23)24/h4-7,11,15-16,26,31-32H,8-10H2,1-3H3,(H2,25,30)(H,27,28)/t15-,16-,19+,20+/m0/s1. The highest BCUT2D eigenvalue weighted by Crippen LogP contribution is 2.39. The lowest BCUT2D eigenvalue weighted by molar-refractivity contribution is -0.258. The second-order valence-corrected chi connectivity index (χ2v) is 8.71. The van der Waals surface area contributed by atoms with E-state index >= 15 is 0 Å². The summed E-state index contributed by atoms with van der Waals surface area (Å²) in [5.41, 5.74) is 1.90. The maximum absolute atomic E-state index is 13.0. The number of anilines is 2. The summed E-state index contributed by atoms with van der Waals surface area (Å²) in [6.07, 6.45) is -1.61. The van der Waals surface area contributed by atoms with Crippen LogP contribution in [0.3, 0.4) is 0 Å². The predicted octanol–water partition coefficient (Wildman–Crippen LogP) is 2.56. The maximum atomic E-state index is 13.0. The minimum atomic E-state index is -4.83. The van der Waals surface area contributed by atoms with E-state index in [1.54, 1.807) is 18.7 Å². The largest absolute Gasteiger partial charge is 0.421 e. The van der Waals surface area contributed by atoms with Gasteiger partial charge in [0.2, 0.25) is 0 Å². The molecular weight excluding hydrogens is 427 g/mol. The zero-order valence-corrected chi connectivity index (χ0v) is 18.1. The van der Waals surface area contributed by atoms with Crippen molar-refractivity contribution in [1.82, 2.24) is 15.1 Å². The summed E-state index contributed by atoms with van der Waals surface area (Å²) in [4.78, 5) is 12.0. The number of nitrogens with zero attached hydrogens (tertiary/aromatic N) is 2. The van der Waals surface area contributed by atoms with Gasteiger partial charge < -0.3 is 26.6 Å². The van der Waals surface area contributed by atoms with Crippen LogP contribution in [0.15, 0.2) is 30.5 Å². The first-order chi connectivity index (χ1) is 14.7. The van der Waals surface area contributed by atoms with Gasteiger partial charge in [-0.15, -0.1) is 0 Å². The summed E-state index contributed by atoms with van der Waals surface area (Å²) < 4.78 is 40.8. The number of nitrogens with two attached hydrogens (primary N) is 1. The third kappa shape index (κ3) is 4.74. The van der Waals surface area contributed by atoms with Gasteiger partial charge in [0.05, 0.1) is 11.6 Å². The summed E-state index contributed by atoms with van der Waals surface area (Å²) in [7, 11) is 1.79. The minimum absolute atomic E-state index is 0.0869. The summed E-state index contributed by atoms with van der Waals surface area (Å²) in [5, 5.41) is 30.7. The third-order valence-electron chi connectivity index (χ3n) is 6.07. The minimum Gasteiger partial charge on any atom is -0.390 e. The van der Waals surface area contributed by atoms with Crippen LogP contribution in [0.4, 0.5) is 24.7 Å². The van der Waals surface area contributed by atoms with Gasteiger partial charge in [-0.25, -0.2) is 0 Å². The van der Waals surface area contributed by atoms with Crippen LogP contribution in [0.25, 0.3) is 0 Å². The molecule has 8 nitrogen and oxygen atoms in total. The lowest BCUT2D eigenvalue weighted by Crippen LogP contribution is -2.46. The topological polar surface area (TPSA) is 125 Å². The number of nitrogens with one attached hydrogen (secondary N) is 2. The van der Waals surface area contributed by atoms with E-state index < -0.39 is 23.3 Å². The SMILES string of the molecule is CN[C@H]1C[C@](C)(O)CC[C@@H]1n1cc(C(N)=O)c(Nc2ccc([C@@](C)(O)C(F)(F)F)cc2)n1. The van der Waals surface area contributed by atoms with Crippen LogP contribution < -0.4 is 16.4 Å². The fourth-order valence-corrected chi connectivity index (χ4v) is 4.00. The van der Waals surface area contributed by atoms with Gasteiger partial charge in [-0.05, 0) is 57.9 Å². The molecule has 11 heteroatoms. The molecule has 4 atom stereocenters. The monoisotopic (exact) mass is 455 g/mol. The normalized spacial score (nSPS) is 25.9. The number of hydrogen-bond acceptors (Lipinski definition) is 6. The van der Waals surface area contributed by atoms with Crippen LogP contribution in [0.2, 0.25) is 0 Å². The van der Waals surface area contributed by atoms with Gasteiger partial charge in [-0.2, -0.15) is 18.3 Å². The zero-order chi connectivity index (χ0) is 23.9. The first kappa shape index (κ1) is 24.0. The van der Waals surface area contributed by atoms with E-state index in [1.165, 1.54) is 18.3 Å². The van der Waals surface area contributed by atoms with E-state index in [9.17, 15) is 28.2 Å². The molecule has 2 aromatic rings. The van der Waals surface area contributed by atoms with Gasteiger partial charge in [0.1, 0.15) is 5.56 Å². The number of carbonyl (C=O) groups excluding carboxylic acids is 1. The predicted molar refractivity (Wildman–Crippen MR) is 112 cm³/mol. The van der Waals surface area contributed by atoms with Gasteiger partial charge in [0.15, 0.2) is 11.4 Å². The molecule has 1 aliphatic rings. The molecule has 1 saturated carbocycles. The first-order valence-corrected chi connectivity index (χ1v) is 10.2. The second kappa shape index (κ2) is 8.38. The van der Waals surface area contributed by atoms with Crippen molar-refractivity contribution in [3.63, 3.8) is 0 Å². The Bertz CT molecular complexity index is 970. The lowest BCUT2D eigenvalue weighted by atomic mass is 9.80. The fourth-order valence-electron chi connectivity index (χ4n) is 4.00. The van der Waals surface area contributed by atoms with Crippen molar-refractivity contribution in [2.45, 2.75) is 62.6 Å². The molecule has 0 radical (unpaired) electrons. The van der Waals surface area contributed by atoms with Crippen molar-refractivity contribution >= 4 is 17.4 Å². The Morgan fingerprint density at radius 2 is 1.94 bits per heavy atom. The molecule has 176 valence electrons. The molecule has 1 aliphatic carbocycles. The van der Waals surface area contributed by atoms with Crippen LogP contribution in [0, 0.1) is 0 Å². The molecule has 1 fully saturated rings. The Labute approximate surface area is 183 Å². The highest BCUT2D eigenvalue weighted by molar-refractivity contribution is 5.98. The fraction of sp³-hybridized carbons (Fsp3) is 0.524. The summed E-state index contributed by atoms with van der Waals surface area (Å²) >= 11 is 0. The Morgan fingerprint density at radius 1 is 1.31 bits per heavy atom. The van der Waals surface area contributed by atoms with Crippen LogP contribution in [-0.2, 0) is 5.60 Å². The molecule has 1 amide bonds. The van der Waals surface area contributed by atoms with Crippen molar-refractivity contribution < 1.29 is 28.2 Å². The van der Waals surface area contributed by atoms with Crippen molar-refractivity contribution in [3.8, 4) is 0 Å². The molecule has 1 aromatic heterocycles. The number of hydrogen-bond donors (Lipinski definition) is 5. The number of aliphatic hydroxyl groups is 2. The molecule has 6 N–H and O–H groups in total. The van der Waals surface area contributed by atoms with E-state index in [0.717, 1.165) is 12.1 Å². The van der Waals surface area contributed by atoms with E-state index in [1.807, 2.05) is 0 Å². The summed E-state index contributed by atoms with van der Waals surface area (Å²) in [6, 6.07) is 4.80. The highest BCUT2D eigenvalue weighted by atomic mass is 19.4. The van der Waals surface area contributed by atoms with Gasteiger partial charge in [-0.1, -0.05) is 12.1 Å². The number of alkyl halides is 3. The lowest BCUT2D eigenvalue weighted by Gasteiger charge is -2.39. The molecule has 0 unspecified atom stereocenters. The maximum Gasteiger partial charge on any atom is 0.421 e.